The van der Waals surface area contributed by atoms with Crippen LogP contribution < -0.4 is 11.3 Å². The average molecular weight is 402 g/mol. The maximum Gasteiger partial charge on any atom is 0.266 e. The lowest BCUT2D eigenvalue weighted by Crippen LogP contribution is -2.23. The Labute approximate surface area is 166 Å². The van der Waals surface area contributed by atoms with Gasteiger partial charge >= 0.3 is 0 Å². The van der Waals surface area contributed by atoms with Crippen molar-refractivity contribution in [3.8, 4) is 5.69 Å². The maximum atomic E-state index is 13.2. The molecule has 0 aliphatic heterocycles. The first kappa shape index (κ1) is 19.5. The first-order valence-electron chi connectivity index (χ1n) is 8.64. The summed E-state index contributed by atoms with van der Waals surface area (Å²) in [6.07, 6.45) is 1.04. The van der Waals surface area contributed by atoms with E-state index in [2.05, 4.69) is 18.8 Å². The smallest absolute Gasteiger partial charge is 0.266 e. The number of halogens is 1. The van der Waals surface area contributed by atoms with Crippen molar-refractivity contribution in [1.29, 1.82) is 0 Å². The normalized spacial score (nSPS) is 12.3. The Hall–Kier alpha value is -2.31. The SMILES string of the molecule is CCC(C)c1ccc(-n2c(SCC(N)=O)nc3ccc(Cl)cc3c2=O)cc1. The summed E-state index contributed by atoms with van der Waals surface area (Å²) in [4.78, 5) is 29.0. The Kier molecular flexibility index (Phi) is 5.87. The van der Waals surface area contributed by atoms with Crippen LogP contribution in [0.1, 0.15) is 31.7 Å². The van der Waals surface area contributed by atoms with Gasteiger partial charge in [-0.2, -0.15) is 0 Å². The molecule has 7 heteroatoms. The van der Waals surface area contributed by atoms with Crippen molar-refractivity contribution in [3.05, 3.63) is 63.4 Å². The van der Waals surface area contributed by atoms with Crippen LogP contribution in [0.3, 0.4) is 0 Å². The average Bonchev–Trinajstić information content (AvgIpc) is 2.66. The van der Waals surface area contributed by atoms with E-state index in [1.54, 1.807) is 18.2 Å². The van der Waals surface area contributed by atoms with Crippen molar-refractivity contribution in [2.75, 3.05) is 5.75 Å². The van der Waals surface area contributed by atoms with Gasteiger partial charge in [-0.25, -0.2) is 4.98 Å². The highest BCUT2D eigenvalue weighted by Crippen LogP contribution is 2.25. The molecule has 0 bridgehead atoms. The van der Waals surface area contributed by atoms with E-state index in [4.69, 9.17) is 17.3 Å². The summed E-state index contributed by atoms with van der Waals surface area (Å²) in [6.45, 7) is 4.30. The maximum absolute atomic E-state index is 13.2. The van der Waals surface area contributed by atoms with Crippen LogP contribution in [0.15, 0.2) is 52.4 Å². The number of nitrogens with two attached hydrogens (primary N) is 1. The molecular formula is C20H20ClN3O2S. The highest BCUT2D eigenvalue weighted by molar-refractivity contribution is 7.99. The van der Waals surface area contributed by atoms with Crippen molar-refractivity contribution in [3.63, 3.8) is 0 Å². The molecule has 0 fully saturated rings. The van der Waals surface area contributed by atoms with Crippen LogP contribution in [0.2, 0.25) is 5.02 Å². The van der Waals surface area contributed by atoms with Crippen LogP contribution in [-0.4, -0.2) is 21.2 Å². The standard InChI is InChI=1S/C20H20ClN3O2S/c1-3-12(2)13-4-7-15(8-5-13)24-19(26)16-10-14(21)6-9-17(16)23-20(24)27-11-18(22)25/h4-10,12H,3,11H2,1-2H3,(H2,22,25). The van der Waals surface area contributed by atoms with Gasteiger partial charge in [0, 0.05) is 5.02 Å². The summed E-state index contributed by atoms with van der Waals surface area (Å²) in [5, 5.41) is 1.32. The van der Waals surface area contributed by atoms with Gasteiger partial charge < -0.3 is 5.73 Å². The van der Waals surface area contributed by atoms with Crippen LogP contribution in [0.4, 0.5) is 0 Å². The Bertz CT molecular complexity index is 1050. The fourth-order valence-electron chi connectivity index (χ4n) is 2.79. The van der Waals surface area contributed by atoms with E-state index in [1.807, 2.05) is 24.3 Å². The van der Waals surface area contributed by atoms with Crippen LogP contribution in [0.5, 0.6) is 0 Å². The zero-order chi connectivity index (χ0) is 19.6. The Morgan fingerprint density at radius 3 is 2.59 bits per heavy atom. The number of aromatic nitrogens is 2. The molecule has 140 valence electrons. The second-order valence-electron chi connectivity index (χ2n) is 6.35. The largest absolute Gasteiger partial charge is 0.369 e. The van der Waals surface area contributed by atoms with Gasteiger partial charge in [-0.3, -0.25) is 14.2 Å². The molecule has 0 saturated heterocycles. The number of carbonyl (C=O) groups excluding carboxylic acids is 1. The van der Waals surface area contributed by atoms with Gasteiger partial charge in [0.1, 0.15) is 0 Å². The van der Waals surface area contributed by atoms with Crippen molar-refractivity contribution in [2.45, 2.75) is 31.3 Å². The fourth-order valence-corrected chi connectivity index (χ4v) is 3.71. The lowest BCUT2D eigenvalue weighted by molar-refractivity contribution is -0.115. The van der Waals surface area contributed by atoms with Gasteiger partial charge in [0.15, 0.2) is 5.16 Å². The third-order valence-electron chi connectivity index (χ3n) is 4.48. The molecule has 5 nitrogen and oxygen atoms in total. The second-order valence-corrected chi connectivity index (χ2v) is 7.73. The fraction of sp³-hybridized carbons (Fsp3) is 0.250. The summed E-state index contributed by atoms with van der Waals surface area (Å²) in [5.74, 6) is 0.00775. The molecule has 2 aromatic carbocycles. The van der Waals surface area contributed by atoms with E-state index in [1.165, 1.54) is 10.1 Å². The highest BCUT2D eigenvalue weighted by Gasteiger charge is 2.15. The zero-order valence-corrected chi connectivity index (χ0v) is 16.7. The van der Waals surface area contributed by atoms with Gasteiger partial charge in [-0.1, -0.05) is 49.3 Å². The number of hydrogen-bond donors (Lipinski definition) is 1. The summed E-state index contributed by atoms with van der Waals surface area (Å²) in [5.41, 5.74) is 7.47. The van der Waals surface area contributed by atoms with Gasteiger partial charge in [-0.15, -0.1) is 0 Å². The van der Waals surface area contributed by atoms with E-state index in [-0.39, 0.29) is 11.3 Å². The van der Waals surface area contributed by atoms with Crippen LogP contribution >= 0.6 is 23.4 Å². The molecule has 3 aromatic rings. The van der Waals surface area contributed by atoms with E-state index < -0.39 is 5.91 Å². The topological polar surface area (TPSA) is 78.0 Å². The predicted molar refractivity (Wildman–Crippen MR) is 111 cm³/mol. The summed E-state index contributed by atoms with van der Waals surface area (Å²) < 4.78 is 1.51. The molecule has 27 heavy (non-hydrogen) atoms. The molecule has 2 N–H and O–H groups in total. The van der Waals surface area contributed by atoms with Gasteiger partial charge in [0.2, 0.25) is 5.91 Å². The molecule has 1 unspecified atom stereocenters. The van der Waals surface area contributed by atoms with Crippen molar-refractivity contribution < 1.29 is 4.79 Å². The zero-order valence-electron chi connectivity index (χ0n) is 15.1. The number of fused-ring (bicyclic) bond motifs is 1. The summed E-state index contributed by atoms with van der Waals surface area (Å²) in [6, 6.07) is 12.8. The number of hydrogen-bond acceptors (Lipinski definition) is 4. The van der Waals surface area contributed by atoms with Crippen LogP contribution in [0.25, 0.3) is 16.6 Å². The Balaban J connectivity index is 2.18. The highest BCUT2D eigenvalue weighted by atomic mass is 35.5. The Morgan fingerprint density at radius 1 is 1.26 bits per heavy atom. The van der Waals surface area contributed by atoms with E-state index in [0.29, 0.717) is 32.7 Å². The lowest BCUT2D eigenvalue weighted by Gasteiger charge is -2.14. The second kappa shape index (κ2) is 8.15. The number of benzene rings is 2. The number of primary amides is 1. The van der Waals surface area contributed by atoms with E-state index in [9.17, 15) is 9.59 Å². The monoisotopic (exact) mass is 401 g/mol. The van der Waals surface area contributed by atoms with Crippen molar-refractivity contribution in [1.82, 2.24) is 9.55 Å². The molecule has 3 rings (SSSR count). The molecule has 0 aliphatic rings. The molecule has 1 atom stereocenters. The van der Waals surface area contributed by atoms with Crippen molar-refractivity contribution in [2.24, 2.45) is 5.73 Å². The first-order chi connectivity index (χ1) is 12.9. The van der Waals surface area contributed by atoms with Crippen LogP contribution in [-0.2, 0) is 4.79 Å². The summed E-state index contributed by atoms with van der Waals surface area (Å²) in [7, 11) is 0. The first-order valence-corrected chi connectivity index (χ1v) is 10.0. The number of carbonyl (C=O) groups is 1. The minimum absolute atomic E-state index is 0.0382. The number of nitrogens with zero attached hydrogens (tertiary/aromatic N) is 2. The number of amides is 1. The summed E-state index contributed by atoms with van der Waals surface area (Å²) >= 11 is 7.20. The van der Waals surface area contributed by atoms with Gasteiger partial charge in [0.25, 0.3) is 5.56 Å². The third kappa shape index (κ3) is 4.17. The molecule has 1 heterocycles. The van der Waals surface area contributed by atoms with Crippen LogP contribution in [0, 0.1) is 0 Å². The van der Waals surface area contributed by atoms with E-state index in [0.717, 1.165) is 18.2 Å². The Morgan fingerprint density at radius 2 is 1.96 bits per heavy atom. The molecule has 1 aromatic heterocycles. The van der Waals surface area contributed by atoms with Gasteiger partial charge in [-0.05, 0) is 48.2 Å². The molecular weight excluding hydrogens is 382 g/mol. The molecule has 0 spiro atoms. The van der Waals surface area contributed by atoms with E-state index >= 15 is 0 Å². The minimum atomic E-state index is -0.468. The van der Waals surface area contributed by atoms with Gasteiger partial charge in [0.05, 0.1) is 22.3 Å². The molecule has 0 radical (unpaired) electrons. The minimum Gasteiger partial charge on any atom is -0.369 e. The number of rotatable bonds is 6. The third-order valence-corrected chi connectivity index (χ3v) is 5.67. The quantitative estimate of drug-likeness (QED) is 0.497. The predicted octanol–water partition coefficient (Wildman–Crippen LogP) is 4.13. The molecule has 1 amide bonds. The molecule has 0 aliphatic carbocycles. The van der Waals surface area contributed by atoms with Crippen molar-refractivity contribution >= 4 is 40.2 Å². The lowest BCUT2D eigenvalue weighted by atomic mass is 9.98. The molecule has 0 saturated carbocycles. The number of thioether (sulfide) groups is 1.